The van der Waals surface area contributed by atoms with Gasteiger partial charge in [-0.05, 0) is 142 Å². The number of anilines is 3. The normalized spacial score (nSPS) is 17.1. The standard InChI is InChI=1S/C70H59NO2/c1-69(2)58-28-13-9-22-50(58)52-36-34-48(42-60(52)69)71(64-30-15-11-24-54(64)56-26-17-27-57-55-25-12-16-31-65(55)73-68(56)57)49-35-37-53-51-23-10-14-29-59(51)70(61(53)43-49)62-40-46(44-18-5-3-6-19-44)32-38-66(62)72-67-39-33-47(41-63(67)70)45-20-7-4-8-21-45/h9-17,22-45H,3-8,18-21H2,1-2H3. The molecule has 10 aromatic rings. The molecule has 1 aromatic heterocycles. The van der Waals surface area contributed by atoms with E-state index in [1.165, 1.54) is 131 Å². The second-order valence-electron chi connectivity index (χ2n) is 22.3. The Morgan fingerprint density at radius 3 is 1.60 bits per heavy atom. The number of nitrogens with zero attached hydrogens (tertiary/aromatic N) is 1. The quantitative estimate of drug-likeness (QED) is 0.166. The van der Waals surface area contributed by atoms with Crippen molar-refractivity contribution in [1.29, 1.82) is 0 Å². The van der Waals surface area contributed by atoms with Gasteiger partial charge >= 0.3 is 0 Å². The Kier molecular flexibility index (Phi) is 9.69. The number of benzene rings is 9. The summed E-state index contributed by atoms with van der Waals surface area (Å²) >= 11 is 0. The highest BCUT2D eigenvalue weighted by Crippen LogP contribution is 2.64. The highest BCUT2D eigenvalue weighted by atomic mass is 16.5. The smallest absolute Gasteiger partial charge is 0.143 e. The largest absolute Gasteiger partial charge is 0.457 e. The molecule has 15 rings (SSSR count). The number of hydrogen-bond donors (Lipinski definition) is 0. The van der Waals surface area contributed by atoms with E-state index in [0.717, 1.165) is 61.6 Å². The van der Waals surface area contributed by atoms with E-state index in [9.17, 15) is 0 Å². The highest BCUT2D eigenvalue weighted by molar-refractivity contribution is 6.11. The number of para-hydroxylation sites is 3. The van der Waals surface area contributed by atoms with Crippen LogP contribution in [0.2, 0.25) is 0 Å². The summed E-state index contributed by atoms with van der Waals surface area (Å²) in [6, 6.07) is 71.5. The van der Waals surface area contributed by atoms with Gasteiger partial charge in [-0.1, -0.05) is 192 Å². The van der Waals surface area contributed by atoms with E-state index in [1.54, 1.807) is 0 Å². The molecule has 1 aliphatic heterocycles. The maximum Gasteiger partial charge on any atom is 0.143 e. The average Bonchev–Trinajstić information content (AvgIpc) is 4.05. The van der Waals surface area contributed by atoms with Gasteiger partial charge in [-0.3, -0.25) is 0 Å². The van der Waals surface area contributed by atoms with Crippen LogP contribution < -0.4 is 9.64 Å². The van der Waals surface area contributed by atoms with E-state index in [-0.39, 0.29) is 5.41 Å². The van der Waals surface area contributed by atoms with Crippen molar-refractivity contribution in [3.8, 4) is 44.9 Å². The molecule has 3 heteroatoms. The van der Waals surface area contributed by atoms with Gasteiger partial charge in [-0.15, -0.1) is 0 Å². The number of ether oxygens (including phenoxy) is 1. The van der Waals surface area contributed by atoms with Crippen LogP contribution in [0.3, 0.4) is 0 Å². The SMILES string of the molecule is CC1(C)c2ccccc2-c2ccc(N(c3ccc4c(c3)C3(c5cc(C6CCCCC6)ccc5Oc5ccc(C6CCCCC6)cc53)c3ccccc3-4)c3ccccc3-c3cccc4c3oc3ccccc34)cc21. The molecular formula is C70H59NO2. The summed E-state index contributed by atoms with van der Waals surface area (Å²) in [5, 5.41) is 2.26. The Morgan fingerprint density at radius 2 is 0.918 bits per heavy atom. The van der Waals surface area contributed by atoms with Crippen molar-refractivity contribution < 1.29 is 9.15 Å². The molecule has 9 aromatic carbocycles. The summed E-state index contributed by atoms with van der Waals surface area (Å²) in [5.74, 6) is 3.03. The molecule has 1 spiro atoms. The van der Waals surface area contributed by atoms with Crippen molar-refractivity contribution >= 4 is 39.0 Å². The van der Waals surface area contributed by atoms with E-state index in [0.29, 0.717) is 11.8 Å². The minimum atomic E-state index is -0.618. The third kappa shape index (κ3) is 6.37. The average molecular weight is 946 g/mol. The van der Waals surface area contributed by atoms with Gasteiger partial charge in [0.25, 0.3) is 0 Å². The Bertz CT molecular complexity index is 3790. The zero-order valence-corrected chi connectivity index (χ0v) is 41.9. The summed E-state index contributed by atoms with van der Waals surface area (Å²) in [7, 11) is 0. The maximum atomic E-state index is 7.19. The van der Waals surface area contributed by atoms with Gasteiger partial charge in [0.05, 0.1) is 11.1 Å². The zero-order valence-electron chi connectivity index (χ0n) is 41.9. The van der Waals surface area contributed by atoms with Crippen LogP contribution in [0.4, 0.5) is 17.1 Å². The molecule has 0 unspecified atom stereocenters. The number of rotatable bonds is 6. The number of hydrogen-bond acceptors (Lipinski definition) is 3. The van der Waals surface area contributed by atoms with E-state index in [2.05, 4.69) is 207 Å². The van der Waals surface area contributed by atoms with Gasteiger partial charge in [0, 0.05) is 49.8 Å². The third-order valence-corrected chi connectivity index (χ3v) is 18.1. The summed E-state index contributed by atoms with van der Waals surface area (Å²) in [6.07, 6.45) is 12.8. The molecule has 0 N–H and O–H groups in total. The van der Waals surface area contributed by atoms with Crippen LogP contribution in [0, 0.1) is 0 Å². The molecule has 0 saturated heterocycles. The van der Waals surface area contributed by atoms with E-state index in [4.69, 9.17) is 9.15 Å². The van der Waals surface area contributed by atoms with Crippen molar-refractivity contribution in [3.05, 3.63) is 233 Å². The topological polar surface area (TPSA) is 25.6 Å². The van der Waals surface area contributed by atoms with E-state index in [1.807, 2.05) is 0 Å². The molecule has 356 valence electrons. The first-order chi connectivity index (χ1) is 35.9. The molecule has 3 nitrogen and oxygen atoms in total. The van der Waals surface area contributed by atoms with Crippen molar-refractivity contribution in [2.24, 2.45) is 0 Å². The van der Waals surface area contributed by atoms with Gasteiger partial charge < -0.3 is 14.1 Å². The summed E-state index contributed by atoms with van der Waals surface area (Å²) in [4.78, 5) is 2.55. The fraction of sp³-hybridized carbons (Fsp3) is 0.229. The van der Waals surface area contributed by atoms with Crippen LogP contribution in [-0.2, 0) is 10.8 Å². The van der Waals surface area contributed by atoms with E-state index < -0.39 is 5.41 Å². The Hall–Kier alpha value is -7.62. The summed E-state index contributed by atoms with van der Waals surface area (Å²) in [5.41, 5.74) is 22.6. The molecule has 4 aliphatic carbocycles. The van der Waals surface area contributed by atoms with Crippen LogP contribution >= 0.6 is 0 Å². The fourth-order valence-corrected chi connectivity index (χ4v) is 14.6. The van der Waals surface area contributed by atoms with Crippen molar-refractivity contribution in [2.75, 3.05) is 4.90 Å². The molecule has 2 heterocycles. The Morgan fingerprint density at radius 1 is 0.397 bits per heavy atom. The lowest BCUT2D eigenvalue weighted by Crippen LogP contribution is -2.33. The van der Waals surface area contributed by atoms with Crippen LogP contribution in [0.15, 0.2) is 192 Å². The van der Waals surface area contributed by atoms with Gasteiger partial charge in [-0.25, -0.2) is 0 Å². The Balaban J connectivity index is 1.01. The molecule has 0 amide bonds. The minimum Gasteiger partial charge on any atom is -0.457 e. The first kappa shape index (κ1) is 43.0. The zero-order chi connectivity index (χ0) is 48.4. The number of fused-ring (bicyclic) bond motifs is 15. The van der Waals surface area contributed by atoms with Gasteiger partial charge in [0.1, 0.15) is 22.7 Å². The predicted molar refractivity (Wildman–Crippen MR) is 300 cm³/mol. The van der Waals surface area contributed by atoms with Gasteiger partial charge in [-0.2, -0.15) is 0 Å². The molecule has 73 heavy (non-hydrogen) atoms. The van der Waals surface area contributed by atoms with Crippen LogP contribution in [0.25, 0.3) is 55.3 Å². The lowest BCUT2D eigenvalue weighted by Gasteiger charge is -2.41. The van der Waals surface area contributed by atoms with Crippen molar-refractivity contribution in [1.82, 2.24) is 0 Å². The molecule has 0 atom stereocenters. The fourth-order valence-electron chi connectivity index (χ4n) is 14.6. The molecule has 0 radical (unpaired) electrons. The minimum absolute atomic E-state index is 0.182. The molecule has 5 aliphatic rings. The molecule has 2 saturated carbocycles. The van der Waals surface area contributed by atoms with Crippen molar-refractivity contribution in [3.63, 3.8) is 0 Å². The molecule has 0 bridgehead atoms. The van der Waals surface area contributed by atoms with Gasteiger partial charge in [0.2, 0.25) is 0 Å². The summed E-state index contributed by atoms with van der Waals surface area (Å²) in [6.45, 7) is 4.78. The summed E-state index contributed by atoms with van der Waals surface area (Å²) < 4.78 is 14.0. The van der Waals surface area contributed by atoms with Crippen LogP contribution in [0.5, 0.6) is 11.5 Å². The second kappa shape index (κ2) is 16.5. The lowest BCUT2D eigenvalue weighted by atomic mass is 9.64. The molecule has 2 fully saturated rings. The first-order valence-corrected chi connectivity index (χ1v) is 27.2. The van der Waals surface area contributed by atoms with Crippen molar-refractivity contribution in [2.45, 2.75) is 101 Å². The van der Waals surface area contributed by atoms with E-state index >= 15 is 0 Å². The Labute approximate surface area is 429 Å². The number of furan rings is 1. The van der Waals surface area contributed by atoms with Crippen LogP contribution in [0.1, 0.15) is 134 Å². The third-order valence-electron chi connectivity index (χ3n) is 18.1. The second-order valence-corrected chi connectivity index (χ2v) is 22.3. The maximum absolute atomic E-state index is 7.19. The molecular weight excluding hydrogens is 887 g/mol. The van der Waals surface area contributed by atoms with Crippen LogP contribution in [-0.4, -0.2) is 0 Å². The highest BCUT2D eigenvalue weighted by Gasteiger charge is 2.52. The lowest BCUT2D eigenvalue weighted by molar-refractivity contribution is 0.424. The monoisotopic (exact) mass is 945 g/mol. The van der Waals surface area contributed by atoms with Gasteiger partial charge in [0.15, 0.2) is 0 Å². The first-order valence-electron chi connectivity index (χ1n) is 27.2. The predicted octanol–water partition coefficient (Wildman–Crippen LogP) is 19.6.